The molecule has 1 aliphatic heterocycles. The van der Waals surface area contributed by atoms with E-state index in [-0.39, 0.29) is 10.8 Å². The van der Waals surface area contributed by atoms with Gasteiger partial charge < -0.3 is 9.64 Å². The standard InChI is InChI=1S/C23H30N2O4S/c1-30(27,28)22-12-10-21(11-13-22)29-18-5-9-23(26)25-15-6-14-24(16-17-25)19-20-7-3-2-4-8-20/h2-4,7-8,10-13H,5-6,9,14-19H2,1H3. The highest BCUT2D eigenvalue weighted by atomic mass is 32.2. The Morgan fingerprint density at radius 1 is 0.967 bits per heavy atom. The molecule has 0 unspecified atom stereocenters. The zero-order valence-corrected chi connectivity index (χ0v) is 18.3. The highest BCUT2D eigenvalue weighted by Gasteiger charge is 2.19. The van der Waals surface area contributed by atoms with Crippen LogP contribution in [0.25, 0.3) is 0 Å². The molecule has 6 nitrogen and oxygen atoms in total. The van der Waals surface area contributed by atoms with E-state index in [4.69, 9.17) is 4.74 Å². The summed E-state index contributed by atoms with van der Waals surface area (Å²) in [5, 5.41) is 0. The van der Waals surface area contributed by atoms with Crippen LogP contribution in [0.1, 0.15) is 24.8 Å². The molecule has 0 spiro atoms. The fraction of sp³-hybridized carbons (Fsp3) is 0.435. The van der Waals surface area contributed by atoms with E-state index >= 15 is 0 Å². The minimum absolute atomic E-state index is 0.174. The largest absolute Gasteiger partial charge is 0.494 e. The van der Waals surface area contributed by atoms with E-state index < -0.39 is 9.84 Å². The van der Waals surface area contributed by atoms with Crippen LogP contribution in [0.4, 0.5) is 0 Å². The van der Waals surface area contributed by atoms with Gasteiger partial charge in [0.1, 0.15) is 5.75 Å². The van der Waals surface area contributed by atoms with Crippen molar-refractivity contribution in [3.8, 4) is 5.75 Å². The predicted molar refractivity (Wildman–Crippen MR) is 117 cm³/mol. The average molecular weight is 431 g/mol. The summed E-state index contributed by atoms with van der Waals surface area (Å²) in [4.78, 5) is 17.2. The van der Waals surface area contributed by atoms with Gasteiger partial charge in [0.2, 0.25) is 5.91 Å². The monoisotopic (exact) mass is 430 g/mol. The van der Waals surface area contributed by atoms with Gasteiger partial charge in [0.25, 0.3) is 0 Å². The first-order chi connectivity index (χ1) is 14.4. The van der Waals surface area contributed by atoms with Gasteiger partial charge in [-0.05, 0) is 42.7 Å². The lowest BCUT2D eigenvalue weighted by molar-refractivity contribution is -0.131. The van der Waals surface area contributed by atoms with Crippen LogP contribution in [0.2, 0.25) is 0 Å². The summed E-state index contributed by atoms with van der Waals surface area (Å²) in [6.07, 6.45) is 3.26. The van der Waals surface area contributed by atoms with Gasteiger partial charge in [-0.2, -0.15) is 0 Å². The molecule has 30 heavy (non-hydrogen) atoms. The van der Waals surface area contributed by atoms with Crippen LogP contribution < -0.4 is 4.74 Å². The number of amides is 1. The first kappa shape index (κ1) is 22.3. The van der Waals surface area contributed by atoms with Crippen LogP contribution in [-0.4, -0.2) is 63.2 Å². The molecule has 1 aliphatic rings. The molecule has 2 aromatic carbocycles. The fourth-order valence-corrected chi connectivity index (χ4v) is 4.21. The molecule has 2 aromatic rings. The normalized spacial score (nSPS) is 15.6. The lowest BCUT2D eigenvalue weighted by atomic mass is 10.2. The van der Waals surface area contributed by atoms with Crippen LogP contribution in [0.15, 0.2) is 59.5 Å². The number of carbonyl (C=O) groups is 1. The molecule has 1 amide bonds. The van der Waals surface area contributed by atoms with Gasteiger partial charge in [-0.15, -0.1) is 0 Å². The molecular weight excluding hydrogens is 400 g/mol. The van der Waals surface area contributed by atoms with E-state index in [2.05, 4.69) is 29.2 Å². The smallest absolute Gasteiger partial charge is 0.222 e. The first-order valence-electron chi connectivity index (χ1n) is 10.4. The molecule has 0 aliphatic carbocycles. The molecule has 1 fully saturated rings. The molecule has 162 valence electrons. The van der Waals surface area contributed by atoms with E-state index in [0.717, 1.165) is 39.1 Å². The lowest BCUT2D eigenvalue weighted by Gasteiger charge is -2.22. The highest BCUT2D eigenvalue weighted by molar-refractivity contribution is 7.90. The Bertz CT molecular complexity index is 914. The molecule has 0 radical (unpaired) electrons. The summed E-state index contributed by atoms with van der Waals surface area (Å²) < 4.78 is 28.6. The molecule has 0 bridgehead atoms. The SMILES string of the molecule is CS(=O)(=O)c1ccc(OCCCC(=O)N2CCCN(Cc3ccccc3)CC2)cc1. The summed E-state index contributed by atoms with van der Waals surface area (Å²) in [5.41, 5.74) is 1.30. The predicted octanol–water partition coefficient (Wildman–Crippen LogP) is 2.98. The Kier molecular flexibility index (Phi) is 7.87. The van der Waals surface area contributed by atoms with Crippen molar-refractivity contribution in [2.75, 3.05) is 39.0 Å². The third kappa shape index (κ3) is 6.85. The Balaban J connectivity index is 1.37. The van der Waals surface area contributed by atoms with Crippen molar-refractivity contribution in [1.29, 1.82) is 0 Å². The van der Waals surface area contributed by atoms with E-state index in [0.29, 0.717) is 25.2 Å². The number of benzene rings is 2. The second kappa shape index (κ2) is 10.6. The van der Waals surface area contributed by atoms with Gasteiger partial charge in [-0.25, -0.2) is 8.42 Å². The number of carbonyl (C=O) groups excluding carboxylic acids is 1. The minimum Gasteiger partial charge on any atom is -0.494 e. The van der Waals surface area contributed by atoms with Gasteiger partial charge >= 0.3 is 0 Å². The number of hydrogen-bond donors (Lipinski definition) is 0. The molecule has 1 saturated heterocycles. The Morgan fingerprint density at radius 2 is 1.70 bits per heavy atom. The summed E-state index contributed by atoms with van der Waals surface area (Å²) in [7, 11) is -3.20. The van der Waals surface area contributed by atoms with Crippen molar-refractivity contribution in [3.63, 3.8) is 0 Å². The van der Waals surface area contributed by atoms with Gasteiger partial charge in [-0.1, -0.05) is 30.3 Å². The van der Waals surface area contributed by atoms with E-state index in [1.165, 1.54) is 24.0 Å². The second-order valence-electron chi connectivity index (χ2n) is 7.69. The highest BCUT2D eigenvalue weighted by Crippen LogP contribution is 2.16. The molecule has 0 atom stereocenters. The van der Waals surface area contributed by atoms with Crippen molar-refractivity contribution < 1.29 is 17.9 Å². The van der Waals surface area contributed by atoms with Gasteiger partial charge in [0, 0.05) is 45.4 Å². The number of ether oxygens (including phenoxy) is 1. The number of nitrogens with zero attached hydrogens (tertiary/aromatic N) is 2. The average Bonchev–Trinajstić information content (AvgIpc) is 2.97. The molecular formula is C23H30N2O4S. The number of hydrogen-bond acceptors (Lipinski definition) is 5. The molecule has 3 rings (SSSR count). The third-order valence-electron chi connectivity index (χ3n) is 5.25. The van der Waals surface area contributed by atoms with E-state index in [9.17, 15) is 13.2 Å². The lowest BCUT2D eigenvalue weighted by Crippen LogP contribution is -2.35. The zero-order chi connectivity index (χ0) is 21.4. The van der Waals surface area contributed by atoms with Crippen LogP contribution >= 0.6 is 0 Å². The van der Waals surface area contributed by atoms with Crippen LogP contribution in [0.5, 0.6) is 5.75 Å². The van der Waals surface area contributed by atoms with Gasteiger partial charge in [0.05, 0.1) is 11.5 Å². The Morgan fingerprint density at radius 3 is 2.40 bits per heavy atom. The fourth-order valence-electron chi connectivity index (χ4n) is 3.57. The first-order valence-corrected chi connectivity index (χ1v) is 12.3. The maximum absolute atomic E-state index is 12.6. The maximum Gasteiger partial charge on any atom is 0.222 e. The molecule has 0 aromatic heterocycles. The molecule has 7 heteroatoms. The topological polar surface area (TPSA) is 66.9 Å². The van der Waals surface area contributed by atoms with Crippen LogP contribution in [0.3, 0.4) is 0 Å². The Labute approximate surface area is 179 Å². The van der Waals surface area contributed by atoms with Crippen molar-refractivity contribution >= 4 is 15.7 Å². The summed E-state index contributed by atoms with van der Waals surface area (Å²) in [6.45, 7) is 4.82. The molecule has 0 saturated carbocycles. The summed E-state index contributed by atoms with van der Waals surface area (Å²) >= 11 is 0. The molecule has 1 heterocycles. The van der Waals surface area contributed by atoms with E-state index in [1.807, 2.05) is 11.0 Å². The van der Waals surface area contributed by atoms with Crippen molar-refractivity contribution in [3.05, 3.63) is 60.2 Å². The van der Waals surface area contributed by atoms with Crippen LogP contribution in [-0.2, 0) is 21.2 Å². The second-order valence-corrected chi connectivity index (χ2v) is 9.71. The van der Waals surface area contributed by atoms with Gasteiger partial charge in [0.15, 0.2) is 9.84 Å². The minimum atomic E-state index is -3.20. The molecule has 0 N–H and O–H groups in total. The van der Waals surface area contributed by atoms with Crippen molar-refractivity contribution in [2.24, 2.45) is 0 Å². The van der Waals surface area contributed by atoms with E-state index in [1.54, 1.807) is 12.1 Å². The number of sulfone groups is 1. The van der Waals surface area contributed by atoms with Crippen molar-refractivity contribution in [1.82, 2.24) is 9.80 Å². The Hall–Kier alpha value is -2.38. The van der Waals surface area contributed by atoms with Gasteiger partial charge in [-0.3, -0.25) is 9.69 Å². The quantitative estimate of drug-likeness (QED) is 0.603. The third-order valence-corrected chi connectivity index (χ3v) is 6.37. The van der Waals surface area contributed by atoms with Crippen LogP contribution in [0, 0.1) is 0 Å². The zero-order valence-electron chi connectivity index (χ0n) is 17.5. The summed E-state index contributed by atoms with van der Waals surface area (Å²) in [5.74, 6) is 0.786. The summed E-state index contributed by atoms with van der Waals surface area (Å²) in [6, 6.07) is 16.8. The maximum atomic E-state index is 12.6. The number of rotatable bonds is 8. The van der Waals surface area contributed by atoms with Crippen molar-refractivity contribution in [2.45, 2.75) is 30.7 Å².